The monoisotopic (exact) mass is 518 g/mol. The average Bonchev–Trinajstić information content (AvgIpc) is 2.85. The lowest BCUT2D eigenvalue weighted by molar-refractivity contribution is 0.101. The zero-order valence-electron chi connectivity index (χ0n) is 22.4. The largest absolute Gasteiger partial charge is 0.396 e. The van der Waals surface area contributed by atoms with Crippen molar-refractivity contribution < 1.29 is 9.18 Å². The van der Waals surface area contributed by atoms with E-state index in [0.29, 0.717) is 22.8 Å². The average molecular weight is 519 g/mol. The van der Waals surface area contributed by atoms with Crippen LogP contribution in [0.15, 0.2) is 66.2 Å². The Morgan fingerprint density at radius 3 is 2.43 bits per heavy atom. The maximum atomic E-state index is 15.4. The summed E-state index contributed by atoms with van der Waals surface area (Å²) < 4.78 is 15.4. The highest BCUT2D eigenvalue weighted by Gasteiger charge is 2.26. The Hall–Kier alpha value is -3.45. The summed E-state index contributed by atoms with van der Waals surface area (Å²) in [7, 11) is 0. The van der Waals surface area contributed by atoms with Crippen LogP contribution in [0.25, 0.3) is 10.5 Å². The number of nitrogen functional groups attached to an aromatic ring is 1. The fourth-order valence-electron chi connectivity index (χ4n) is 3.56. The maximum Gasteiger partial charge on any atom is 0.227 e. The number of nitrogens with one attached hydrogen (secondary N) is 1. The Morgan fingerprint density at radius 2 is 1.84 bits per heavy atom. The summed E-state index contributed by atoms with van der Waals surface area (Å²) >= 11 is 1.51. The van der Waals surface area contributed by atoms with Gasteiger partial charge in [-0.3, -0.25) is 4.79 Å². The number of hydrogen-bond donors (Lipinski definition) is 2. The van der Waals surface area contributed by atoms with Gasteiger partial charge in [0.15, 0.2) is 11.6 Å². The number of ketones is 1. The summed E-state index contributed by atoms with van der Waals surface area (Å²) in [4.78, 5) is 22.6. The van der Waals surface area contributed by atoms with Crippen LogP contribution in [0.3, 0.4) is 0 Å². The number of aromatic nitrogens is 2. The molecule has 0 spiro atoms. The van der Waals surface area contributed by atoms with E-state index >= 15 is 4.39 Å². The van der Waals surface area contributed by atoms with Crippen LogP contribution in [-0.2, 0) is 0 Å². The van der Waals surface area contributed by atoms with Gasteiger partial charge in [0.25, 0.3) is 0 Å². The lowest BCUT2D eigenvalue weighted by Gasteiger charge is -2.26. The van der Waals surface area contributed by atoms with Crippen LogP contribution in [0.1, 0.15) is 69.6 Å². The van der Waals surface area contributed by atoms with E-state index in [4.69, 9.17) is 10.7 Å². The molecule has 0 bridgehead atoms. The van der Waals surface area contributed by atoms with Gasteiger partial charge < -0.3 is 11.1 Å². The second kappa shape index (κ2) is 11.7. The van der Waals surface area contributed by atoms with Crippen molar-refractivity contribution in [1.29, 1.82) is 0 Å². The van der Waals surface area contributed by atoms with Gasteiger partial charge in [0.05, 0.1) is 11.4 Å². The fourth-order valence-corrected chi connectivity index (χ4v) is 4.75. The van der Waals surface area contributed by atoms with E-state index in [1.165, 1.54) is 18.7 Å². The van der Waals surface area contributed by atoms with Gasteiger partial charge in [0, 0.05) is 27.9 Å². The SMILES string of the molecule is C=C(S/C(=C(/c1cccc(N)c1F)C(C)CC)c1ccnc(Nc2ccc(C(C)=O)cc2)n1)C(C)(C)C. The molecule has 0 aliphatic rings. The molecule has 0 aliphatic carbocycles. The first-order chi connectivity index (χ1) is 17.4. The molecule has 3 rings (SSSR count). The molecule has 194 valence electrons. The number of hydrogen-bond acceptors (Lipinski definition) is 6. The lowest BCUT2D eigenvalue weighted by Crippen LogP contribution is -2.09. The Bertz CT molecular complexity index is 1330. The van der Waals surface area contributed by atoms with E-state index in [9.17, 15) is 4.79 Å². The van der Waals surface area contributed by atoms with Gasteiger partial charge in [-0.25, -0.2) is 14.4 Å². The summed E-state index contributed by atoms with van der Waals surface area (Å²) in [6.45, 7) is 16.3. The Kier molecular flexibility index (Phi) is 8.92. The van der Waals surface area contributed by atoms with Gasteiger partial charge in [-0.15, -0.1) is 0 Å². The van der Waals surface area contributed by atoms with E-state index in [2.05, 4.69) is 51.5 Å². The molecule has 1 atom stereocenters. The van der Waals surface area contributed by atoms with Crippen LogP contribution in [0.2, 0.25) is 0 Å². The molecule has 1 heterocycles. The lowest BCUT2D eigenvalue weighted by atomic mass is 9.90. The first kappa shape index (κ1) is 28.1. The van der Waals surface area contributed by atoms with Crippen molar-refractivity contribution >= 4 is 45.3 Å². The summed E-state index contributed by atoms with van der Waals surface area (Å²) in [5.41, 5.74) is 9.23. The molecule has 0 amide bonds. The number of nitrogens with two attached hydrogens (primary N) is 1. The van der Waals surface area contributed by atoms with Crippen LogP contribution < -0.4 is 11.1 Å². The molecule has 0 fully saturated rings. The van der Waals surface area contributed by atoms with Gasteiger partial charge >= 0.3 is 0 Å². The number of allylic oxidation sites excluding steroid dienone is 2. The minimum atomic E-state index is -0.435. The molecule has 0 saturated heterocycles. The van der Waals surface area contributed by atoms with Crippen molar-refractivity contribution in [2.45, 2.75) is 48.0 Å². The summed E-state index contributed by atoms with van der Waals surface area (Å²) in [6, 6.07) is 14.1. The molecule has 1 aromatic heterocycles. The molecule has 1 unspecified atom stereocenters. The third kappa shape index (κ3) is 6.86. The normalized spacial score (nSPS) is 13.1. The minimum absolute atomic E-state index is 0.00188. The van der Waals surface area contributed by atoms with Crippen LogP contribution in [0.5, 0.6) is 0 Å². The van der Waals surface area contributed by atoms with Gasteiger partial charge in [-0.05, 0) is 71.6 Å². The predicted molar refractivity (Wildman–Crippen MR) is 155 cm³/mol. The second-order valence-corrected chi connectivity index (χ2v) is 11.2. The number of halogens is 1. The van der Waals surface area contributed by atoms with Gasteiger partial charge in [-0.1, -0.05) is 65.1 Å². The van der Waals surface area contributed by atoms with Gasteiger partial charge in [-0.2, -0.15) is 0 Å². The van der Waals surface area contributed by atoms with E-state index in [-0.39, 0.29) is 22.8 Å². The summed E-state index contributed by atoms with van der Waals surface area (Å²) in [6.07, 6.45) is 2.48. The standard InChI is InChI=1S/C30H35FN4OS/c1-8-18(2)26(23-10-9-11-24(32)27(23)31)28(37-20(4)30(5,6)7)25-16-17-33-29(35-25)34-22-14-12-21(13-15-22)19(3)36/h9-18H,4,8,32H2,1-3,5-7H3,(H,33,34,35)/b28-26+. The highest BCUT2D eigenvalue weighted by atomic mass is 32.2. The molecular weight excluding hydrogens is 483 g/mol. The summed E-state index contributed by atoms with van der Waals surface area (Å²) in [5.74, 6) is -0.0153. The second-order valence-electron chi connectivity index (χ2n) is 10.1. The number of carbonyl (C=O) groups is 1. The van der Waals surface area contributed by atoms with Gasteiger partial charge in [0.1, 0.15) is 0 Å². The van der Waals surface area contributed by atoms with E-state index in [1.54, 1.807) is 36.5 Å². The molecule has 5 nitrogen and oxygen atoms in total. The van der Waals surface area contributed by atoms with E-state index in [0.717, 1.165) is 27.5 Å². The molecule has 3 aromatic rings. The number of anilines is 3. The van der Waals surface area contributed by atoms with Crippen molar-refractivity contribution in [3.63, 3.8) is 0 Å². The maximum absolute atomic E-state index is 15.4. The summed E-state index contributed by atoms with van der Waals surface area (Å²) in [5, 5.41) is 3.21. The minimum Gasteiger partial charge on any atom is -0.396 e. The van der Waals surface area contributed by atoms with Crippen molar-refractivity contribution in [2.24, 2.45) is 11.3 Å². The first-order valence-corrected chi connectivity index (χ1v) is 13.1. The molecule has 0 aliphatic heterocycles. The topological polar surface area (TPSA) is 80.9 Å². The van der Waals surface area contributed by atoms with Crippen molar-refractivity contribution in [2.75, 3.05) is 11.1 Å². The zero-order valence-corrected chi connectivity index (χ0v) is 23.2. The van der Waals surface area contributed by atoms with Gasteiger partial charge in [0.2, 0.25) is 5.95 Å². The number of benzene rings is 2. The first-order valence-electron chi connectivity index (χ1n) is 12.3. The quantitative estimate of drug-likeness (QED) is 0.219. The highest BCUT2D eigenvalue weighted by molar-refractivity contribution is 8.12. The third-order valence-electron chi connectivity index (χ3n) is 6.17. The van der Waals surface area contributed by atoms with Crippen LogP contribution >= 0.6 is 11.8 Å². The number of carbonyl (C=O) groups excluding carboxylic acids is 1. The van der Waals surface area contributed by atoms with E-state index in [1.807, 2.05) is 18.2 Å². The zero-order chi connectivity index (χ0) is 27.3. The van der Waals surface area contributed by atoms with Crippen LogP contribution in [0.4, 0.5) is 21.7 Å². The molecule has 0 saturated carbocycles. The number of thioether (sulfide) groups is 1. The molecule has 7 heteroatoms. The van der Waals surface area contributed by atoms with Crippen LogP contribution in [-0.4, -0.2) is 15.8 Å². The molecule has 37 heavy (non-hydrogen) atoms. The Labute approximate surface area is 223 Å². The molecule has 3 N–H and O–H groups in total. The third-order valence-corrected chi connectivity index (χ3v) is 7.66. The highest BCUT2D eigenvalue weighted by Crippen LogP contribution is 2.47. The van der Waals surface area contributed by atoms with Crippen LogP contribution in [0, 0.1) is 17.2 Å². The number of rotatable bonds is 9. The van der Waals surface area contributed by atoms with Crippen molar-refractivity contribution in [3.8, 4) is 0 Å². The molecule has 2 aromatic carbocycles. The fraction of sp³-hybridized carbons (Fsp3) is 0.300. The predicted octanol–water partition coefficient (Wildman–Crippen LogP) is 8.35. The Morgan fingerprint density at radius 1 is 1.16 bits per heavy atom. The molecular formula is C30H35FN4OS. The Balaban J connectivity index is 2.18. The smallest absolute Gasteiger partial charge is 0.227 e. The number of Topliss-reactive ketones (excluding diaryl/α,β-unsaturated/α-hetero) is 1. The van der Waals surface area contributed by atoms with Crippen molar-refractivity contribution in [3.05, 3.63) is 88.8 Å². The van der Waals surface area contributed by atoms with E-state index < -0.39 is 5.82 Å². The molecule has 0 radical (unpaired) electrons. The van der Waals surface area contributed by atoms with Crippen molar-refractivity contribution in [1.82, 2.24) is 9.97 Å². The number of nitrogens with zero attached hydrogens (tertiary/aromatic N) is 2.